The van der Waals surface area contributed by atoms with Crippen molar-refractivity contribution in [2.24, 2.45) is 5.92 Å². The first-order valence-electron chi connectivity index (χ1n) is 7.04. The van der Waals surface area contributed by atoms with E-state index >= 15 is 0 Å². The molecule has 0 fully saturated rings. The quantitative estimate of drug-likeness (QED) is 0.828. The van der Waals surface area contributed by atoms with Gasteiger partial charge in [-0.2, -0.15) is 0 Å². The van der Waals surface area contributed by atoms with Crippen LogP contribution in [0, 0.1) is 5.92 Å². The normalized spacial score (nSPS) is 10.5. The Morgan fingerprint density at radius 1 is 1.00 bits per heavy atom. The van der Waals surface area contributed by atoms with Crippen LogP contribution in [0.2, 0.25) is 10.0 Å². The van der Waals surface area contributed by atoms with Crippen molar-refractivity contribution in [3.05, 3.63) is 58.1 Å². The van der Waals surface area contributed by atoms with E-state index in [9.17, 15) is 9.59 Å². The van der Waals surface area contributed by atoms with Gasteiger partial charge in [-0.3, -0.25) is 9.59 Å². The SMILES string of the molecule is CC(C)C(=O)Nc1cccc(C(=O)Nc2ccc(Cl)cc2Cl)c1. The predicted octanol–water partition coefficient (Wildman–Crippen LogP) is 4.84. The maximum absolute atomic E-state index is 12.3. The highest BCUT2D eigenvalue weighted by molar-refractivity contribution is 6.36. The molecule has 2 aromatic carbocycles. The molecule has 0 unspecified atom stereocenters. The number of nitrogens with one attached hydrogen (secondary N) is 2. The van der Waals surface area contributed by atoms with Gasteiger partial charge in [0.05, 0.1) is 10.7 Å². The van der Waals surface area contributed by atoms with Crippen molar-refractivity contribution in [2.75, 3.05) is 10.6 Å². The van der Waals surface area contributed by atoms with Crippen LogP contribution in [-0.2, 0) is 4.79 Å². The summed E-state index contributed by atoms with van der Waals surface area (Å²) in [6.07, 6.45) is 0. The van der Waals surface area contributed by atoms with Crippen LogP contribution in [-0.4, -0.2) is 11.8 Å². The summed E-state index contributed by atoms with van der Waals surface area (Å²) in [7, 11) is 0. The van der Waals surface area contributed by atoms with Crippen molar-refractivity contribution in [1.29, 1.82) is 0 Å². The highest BCUT2D eigenvalue weighted by atomic mass is 35.5. The van der Waals surface area contributed by atoms with Crippen LogP contribution in [0.5, 0.6) is 0 Å². The Morgan fingerprint density at radius 3 is 2.39 bits per heavy atom. The molecule has 2 N–H and O–H groups in total. The largest absolute Gasteiger partial charge is 0.326 e. The summed E-state index contributed by atoms with van der Waals surface area (Å²) >= 11 is 11.9. The predicted molar refractivity (Wildman–Crippen MR) is 94.3 cm³/mol. The molecule has 0 bridgehead atoms. The van der Waals surface area contributed by atoms with Crippen LogP contribution >= 0.6 is 23.2 Å². The Hall–Kier alpha value is -2.04. The Morgan fingerprint density at radius 2 is 1.74 bits per heavy atom. The second-order valence-corrected chi connectivity index (χ2v) is 6.15. The lowest BCUT2D eigenvalue weighted by Crippen LogP contribution is -2.18. The number of hydrogen-bond acceptors (Lipinski definition) is 2. The summed E-state index contributed by atoms with van der Waals surface area (Å²) in [5, 5.41) is 6.32. The Balaban J connectivity index is 2.15. The molecule has 2 aromatic rings. The summed E-state index contributed by atoms with van der Waals surface area (Å²) in [5.74, 6) is -0.571. The van der Waals surface area contributed by atoms with Gasteiger partial charge in [-0.1, -0.05) is 43.1 Å². The molecule has 6 heteroatoms. The second kappa shape index (κ2) is 7.49. The Kier molecular flexibility index (Phi) is 5.64. The van der Waals surface area contributed by atoms with Crippen LogP contribution in [0.4, 0.5) is 11.4 Å². The average Bonchev–Trinajstić information content (AvgIpc) is 2.50. The lowest BCUT2D eigenvalue weighted by molar-refractivity contribution is -0.118. The fourth-order valence-electron chi connectivity index (χ4n) is 1.81. The summed E-state index contributed by atoms with van der Waals surface area (Å²) in [6.45, 7) is 3.60. The van der Waals surface area contributed by atoms with Gasteiger partial charge in [0.25, 0.3) is 5.91 Å². The number of benzene rings is 2. The second-order valence-electron chi connectivity index (χ2n) is 5.30. The molecule has 0 atom stereocenters. The fourth-order valence-corrected chi connectivity index (χ4v) is 2.27. The number of hydrogen-bond donors (Lipinski definition) is 2. The van der Waals surface area contributed by atoms with E-state index in [4.69, 9.17) is 23.2 Å². The maximum Gasteiger partial charge on any atom is 0.255 e. The summed E-state index contributed by atoms with van der Waals surface area (Å²) in [6, 6.07) is 11.5. The lowest BCUT2D eigenvalue weighted by atomic mass is 10.1. The van der Waals surface area contributed by atoms with Gasteiger partial charge in [-0.15, -0.1) is 0 Å². The van der Waals surface area contributed by atoms with Crippen molar-refractivity contribution < 1.29 is 9.59 Å². The molecule has 0 aromatic heterocycles. The van der Waals surface area contributed by atoms with Crippen LogP contribution < -0.4 is 10.6 Å². The zero-order valence-corrected chi connectivity index (χ0v) is 14.2. The van der Waals surface area contributed by atoms with E-state index in [0.29, 0.717) is 27.0 Å². The molecule has 4 nitrogen and oxygen atoms in total. The summed E-state index contributed by atoms with van der Waals surface area (Å²) in [5.41, 5.74) is 1.45. The van der Waals surface area contributed by atoms with E-state index in [1.54, 1.807) is 56.3 Å². The molecule has 0 aliphatic heterocycles. The molecule has 0 saturated carbocycles. The van der Waals surface area contributed by atoms with Gasteiger partial charge in [-0.25, -0.2) is 0 Å². The van der Waals surface area contributed by atoms with E-state index in [2.05, 4.69) is 10.6 Å². The minimum atomic E-state index is -0.324. The molecule has 0 aliphatic carbocycles. The standard InChI is InChI=1S/C17H16Cl2N2O2/c1-10(2)16(22)20-13-5-3-4-11(8-13)17(23)21-15-7-6-12(18)9-14(15)19/h3-10H,1-2H3,(H,20,22)(H,21,23). The minimum Gasteiger partial charge on any atom is -0.326 e. The summed E-state index contributed by atoms with van der Waals surface area (Å²) in [4.78, 5) is 24.0. The van der Waals surface area contributed by atoms with E-state index in [0.717, 1.165) is 0 Å². The van der Waals surface area contributed by atoms with Crippen molar-refractivity contribution in [3.8, 4) is 0 Å². The van der Waals surface area contributed by atoms with Gasteiger partial charge in [0, 0.05) is 22.2 Å². The maximum atomic E-state index is 12.3. The molecule has 120 valence electrons. The zero-order chi connectivity index (χ0) is 17.0. The molecule has 0 spiro atoms. The smallest absolute Gasteiger partial charge is 0.255 e. The zero-order valence-electron chi connectivity index (χ0n) is 12.7. The topological polar surface area (TPSA) is 58.2 Å². The van der Waals surface area contributed by atoms with Gasteiger partial charge >= 0.3 is 0 Å². The number of anilines is 2. The number of carbonyl (C=O) groups is 2. The first-order valence-corrected chi connectivity index (χ1v) is 7.79. The van der Waals surface area contributed by atoms with Crippen LogP contribution in [0.3, 0.4) is 0 Å². The number of halogens is 2. The summed E-state index contributed by atoms with van der Waals surface area (Å²) < 4.78 is 0. The van der Waals surface area contributed by atoms with E-state index in [1.807, 2.05) is 0 Å². The third-order valence-electron chi connectivity index (χ3n) is 3.10. The Bertz CT molecular complexity index is 745. The monoisotopic (exact) mass is 350 g/mol. The van der Waals surface area contributed by atoms with Crippen LogP contribution in [0.15, 0.2) is 42.5 Å². The third-order valence-corrected chi connectivity index (χ3v) is 3.64. The number of rotatable bonds is 4. The molecule has 0 heterocycles. The molecule has 0 radical (unpaired) electrons. The fraction of sp³-hybridized carbons (Fsp3) is 0.176. The van der Waals surface area contributed by atoms with Crippen LogP contribution in [0.25, 0.3) is 0 Å². The molecular weight excluding hydrogens is 335 g/mol. The first-order chi connectivity index (χ1) is 10.9. The lowest BCUT2D eigenvalue weighted by Gasteiger charge is -2.10. The van der Waals surface area contributed by atoms with Crippen molar-refractivity contribution >= 4 is 46.4 Å². The minimum absolute atomic E-state index is 0.108. The van der Waals surface area contributed by atoms with Crippen molar-refractivity contribution in [1.82, 2.24) is 0 Å². The van der Waals surface area contributed by atoms with Crippen molar-refractivity contribution in [2.45, 2.75) is 13.8 Å². The molecule has 2 amide bonds. The average molecular weight is 351 g/mol. The number of carbonyl (C=O) groups excluding carboxylic acids is 2. The van der Waals surface area contributed by atoms with Gasteiger partial charge in [0.15, 0.2) is 0 Å². The van der Waals surface area contributed by atoms with E-state index in [-0.39, 0.29) is 17.7 Å². The van der Waals surface area contributed by atoms with Gasteiger partial charge in [0.1, 0.15) is 0 Å². The van der Waals surface area contributed by atoms with Gasteiger partial charge in [-0.05, 0) is 36.4 Å². The molecule has 2 rings (SSSR count). The number of amides is 2. The molecule has 0 saturated heterocycles. The molecule has 23 heavy (non-hydrogen) atoms. The van der Waals surface area contributed by atoms with E-state index in [1.165, 1.54) is 0 Å². The van der Waals surface area contributed by atoms with Crippen LogP contribution in [0.1, 0.15) is 24.2 Å². The molecule has 0 aliphatic rings. The van der Waals surface area contributed by atoms with Crippen molar-refractivity contribution in [3.63, 3.8) is 0 Å². The van der Waals surface area contributed by atoms with E-state index < -0.39 is 0 Å². The first kappa shape index (κ1) is 17.3. The van der Waals surface area contributed by atoms with Gasteiger partial charge < -0.3 is 10.6 Å². The highest BCUT2D eigenvalue weighted by Crippen LogP contribution is 2.26. The highest BCUT2D eigenvalue weighted by Gasteiger charge is 2.11. The third kappa shape index (κ3) is 4.71. The van der Waals surface area contributed by atoms with Gasteiger partial charge in [0.2, 0.25) is 5.91 Å². The Labute approximate surface area is 144 Å². The molecular formula is C17H16Cl2N2O2.